The lowest BCUT2D eigenvalue weighted by atomic mass is 9.63. The van der Waals surface area contributed by atoms with Crippen LogP contribution >= 0.6 is 0 Å². The van der Waals surface area contributed by atoms with Crippen LogP contribution in [-0.2, 0) is 15.0 Å². The number of carbonyl (C=O) groups excluding carboxylic acids is 2. The van der Waals surface area contributed by atoms with Crippen molar-refractivity contribution >= 4 is 11.8 Å². The Labute approximate surface area is 199 Å². The molecule has 1 atom stereocenters. The highest BCUT2D eigenvalue weighted by atomic mass is 19.1. The molecule has 33 heavy (non-hydrogen) atoms. The van der Waals surface area contributed by atoms with Crippen molar-refractivity contribution in [2.45, 2.75) is 83.6 Å². The monoisotopic (exact) mass is 459 g/mol. The molecule has 1 aliphatic carbocycles. The summed E-state index contributed by atoms with van der Waals surface area (Å²) >= 11 is 0. The van der Waals surface area contributed by atoms with Gasteiger partial charge in [-0.15, -0.1) is 0 Å². The van der Waals surface area contributed by atoms with Gasteiger partial charge in [-0.1, -0.05) is 26.8 Å². The Morgan fingerprint density at radius 1 is 1.18 bits per heavy atom. The third-order valence-corrected chi connectivity index (χ3v) is 7.98. The van der Waals surface area contributed by atoms with Crippen molar-refractivity contribution in [1.29, 1.82) is 0 Å². The maximum Gasteiger partial charge on any atom is 0.222 e. The van der Waals surface area contributed by atoms with Gasteiger partial charge in [0.25, 0.3) is 0 Å². The number of hydrogen-bond donors (Lipinski definition) is 1. The maximum absolute atomic E-state index is 14.3. The Morgan fingerprint density at radius 3 is 2.61 bits per heavy atom. The van der Waals surface area contributed by atoms with Crippen LogP contribution in [-0.4, -0.2) is 54.3 Å². The van der Waals surface area contributed by atoms with E-state index in [1.54, 1.807) is 11.0 Å². The van der Waals surface area contributed by atoms with Crippen LogP contribution in [0.15, 0.2) is 18.2 Å². The first kappa shape index (κ1) is 24.2. The minimum Gasteiger partial charge on any atom is -0.349 e. The summed E-state index contributed by atoms with van der Waals surface area (Å²) in [5.41, 5.74) is 2.53. The number of hydrogen-bond acceptors (Lipinski definition) is 3. The van der Waals surface area contributed by atoms with Gasteiger partial charge in [-0.3, -0.25) is 9.59 Å². The van der Waals surface area contributed by atoms with Crippen molar-refractivity contribution in [2.75, 3.05) is 32.7 Å². The Bertz CT molecular complexity index is 877. The predicted molar refractivity (Wildman–Crippen MR) is 130 cm³/mol. The molecule has 1 aromatic carbocycles. The summed E-state index contributed by atoms with van der Waals surface area (Å²) in [6.07, 6.45) is 6.95. The zero-order chi connectivity index (χ0) is 23.6. The summed E-state index contributed by atoms with van der Waals surface area (Å²) in [5, 5.41) is 3.19. The van der Waals surface area contributed by atoms with Gasteiger partial charge in [-0.25, -0.2) is 4.39 Å². The summed E-state index contributed by atoms with van der Waals surface area (Å²) in [6.45, 7) is 11.3. The Balaban J connectivity index is 0.00000324. The number of rotatable bonds is 6. The number of nitrogens with one attached hydrogen (secondary N) is 1. The SMILES string of the molecule is CC(C)(C)CCN1CCC2(CC[C@H](NC(=O)CCN3CCCC3=O)c3ccc(F)cc32)CC1.[HH]. The molecule has 2 fully saturated rings. The number of halogens is 1. The van der Waals surface area contributed by atoms with E-state index in [1.807, 2.05) is 6.07 Å². The number of likely N-dealkylation sites (tertiary alicyclic amines) is 2. The van der Waals surface area contributed by atoms with Gasteiger partial charge in [0.05, 0.1) is 6.04 Å². The second-order valence-corrected chi connectivity index (χ2v) is 11.6. The molecule has 3 aliphatic rings. The van der Waals surface area contributed by atoms with Gasteiger partial charge in [0.1, 0.15) is 5.82 Å². The molecule has 184 valence electrons. The summed E-state index contributed by atoms with van der Waals surface area (Å²) < 4.78 is 14.3. The molecule has 4 rings (SSSR count). The van der Waals surface area contributed by atoms with E-state index in [1.165, 1.54) is 12.5 Å². The standard InChI is InChI=1S/C27H40FN3O2.H2/c1-26(2,3)11-16-30-17-12-27(13-18-30)10-8-23(21-7-6-20(28)19-22(21)27)29-24(32)9-15-31-14-4-5-25(31)33;/h6-7,19,23H,4-5,8-18H2,1-3H3,(H,29,32);1H/t23-;/m0./s1. The number of nitrogens with zero attached hydrogens (tertiary/aromatic N) is 2. The highest BCUT2D eigenvalue weighted by Crippen LogP contribution is 2.48. The zero-order valence-electron chi connectivity index (χ0n) is 20.6. The molecule has 0 radical (unpaired) electrons. The molecule has 0 aromatic heterocycles. The Hall–Kier alpha value is -1.95. The summed E-state index contributed by atoms with van der Waals surface area (Å²) in [7, 11) is 0. The number of benzene rings is 1. The number of amides is 2. The first-order valence-corrected chi connectivity index (χ1v) is 12.7. The van der Waals surface area contributed by atoms with Crippen molar-refractivity contribution in [3.63, 3.8) is 0 Å². The quantitative estimate of drug-likeness (QED) is 0.665. The van der Waals surface area contributed by atoms with E-state index in [0.717, 1.165) is 69.4 Å². The molecule has 0 bridgehead atoms. The lowest BCUT2D eigenvalue weighted by Crippen LogP contribution is -2.47. The van der Waals surface area contributed by atoms with E-state index in [9.17, 15) is 14.0 Å². The van der Waals surface area contributed by atoms with Crippen LogP contribution in [0.25, 0.3) is 0 Å². The van der Waals surface area contributed by atoms with Crippen LogP contribution < -0.4 is 5.32 Å². The van der Waals surface area contributed by atoms with Crippen LogP contribution in [0, 0.1) is 11.2 Å². The summed E-state index contributed by atoms with van der Waals surface area (Å²) in [6, 6.07) is 5.05. The number of fused-ring (bicyclic) bond motifs is 2. The molecule has 0 saturated carbocycles. The molecule has 0 unspecified atom stereocenters. The lowest BCUT2D eigenvalue weighted by Gasteiger charge is -2.47. The van der Waals surface area contributed by atoms with E-state index in [-0.39, 0.29) is 30.5 Å². The van der Waals surface area contributed by atoms with Gasteiger partial charge < -0.3 is 15.1 Å². The third-order valence-electron chi connectivity index (χ3n) is 7.98. The first-order chi connectivity index (χ1) is 15.7. The summed E-state index contributed by atoms with van der Waals surface area (Å²) in [4.78, 5) is 28.8. The van der Waals surface area contributed by atoms with E-state index in [4.69, 9.17) is 0 Å². The molecule has 2 amide bonds. The molecular weight excluding hydrogens is 417 g/mol. The van der Waals surface area contributed by atoms with Crippen LogP contribution in [0.4, 0.5) is 4.39 Å². The van der Waals surface area contributed by atoms with E-state index >= 15 is 0 Å². The van der Waals surface area contributed by atoms with Crippen molar-refractivity contribution in [3.8, 4) is 0 Å². The van der Waals surface area contributed by atoms with Gasteiger partial charge in [-0.05, 0) is 92.2 Å². The molecule has 2 heterocycles. The minimum atomic E-state index is -0.192. The fourth-order valence-corrected chi connectivity index (χ4v) is 5.81. The Kier molecular flexibility index (Phi) is 7.13. The fourth-order valence-electron chi connectivity index (χ4n) is 5.81. The van der Waals surface area contributed by atoms with Gasteiger partial charge in [0.15, 0.2) is 0 Å². The lowest BCUT2D eigenvalue weighted by molar-refractivity contribution is -0.128. The van der Waals surface area contributed by atoms with Gasteiger partial charge in [0, 0.05) is 27.4 Å². The van der Waals surface area contributed by atoms with Crippen molar-refractivity contribution in [1.82, 2.24) is 15.1 Å². The first-order valence-electron chi connectivity index (χ1n) is 12.7. The largest absolute Gasteiger partial charge is 0.349 e. The van der Waals surface area contributed by atoms with Crippen LogP contribution in [0.1, 0.15) is 90.7 Å². The number of carbonyl (C=O) groups is 2. The molecular formula is C27H42FN3O2. The van der Waals surface area contributed by atoms with Crippen LogP contribution in [0.5, 0.6) is 0 Å². The smallest absolute Gasteiger partial charge is 0.222 e. The van der Waals surface area contributed by atoms with Gasteiger partial charge in [0.2, 0.25) is 11.8 Å². The molecule has 6 heteroatoms. The van der Waals surface area contributed by atoms with E-state index in [2.05, 4.69) is 31.0 Å². The normalized spacial score (nSPS) is 23.1. The molecule has 1 spiro atoms. The highest BCUT2D eigenvalue weighted by molar-refractivity contribution is 5.80. The molecule has 1 aromatic rings. The summed E-state index contributed by atoms with van der Waals surface area (Å²) in [5.74, 6) is -0.0668. The van der Waals surface area contributed by atoms with Crippen LogP contribution in [0.2, 0.25) is 0 Å². The minimum absolute atomic E-state index is 0. The molecule has 2 saturated heterocycles. The molecule has 2 aliphatic heterocycles. The maximum atomic E-state index is 14.3. The van der Waals surface area contributed by atoms with Crippen molar-refractivity contribution in [2.24, 2.45) is 5.41 Å². The van der Waals surface area contributed by atoms with Crippen LogP contribution in [0.3, 0.4) is 0 Å². The Morgan fingerprint density at radius 2 is 1.94 bits per heavy atom. The topological polar surface area (TPSA) is 52.7 Å². The second-order valence-electron chi connectivity index (χ2n) is 11.6. The van der Waals surface area contributed by atoms with Gasteiger partial charge >= 0.3 is 0 Å². The van der Waals surface area contributed by atoms with E-state index in [0.29, 0.717) is 24.8 Å². The average Bonchev–Trinajstić information content (AvgIpc) is 3.18. The predicted octanol–water partition coefficient (Wildman–Crippen LogP) is 4.81. The number of piperidine rings is 1. The average molecular weight is 460 g/mol. The third kappa shape index (κ3) is 5.76. The zero-order valence-corrected chi connectivity index (χ0v) is 20.6. The highest BCUT2D eigenvalue weighted by Gasteiger charge is 2.42. The van der Waals surface area contributed by atoms with Crippen molar-refractivity contribution in [3.05, 3.63) is 35.1 Å². The molecule has 1 N–H and O–H groups in total. The van der Waals surface area contributed by atoms with E-state index < -0.39 is 0 Å². The molecule has 5 nitrogen and oxygen atoms in total. The van der Waals surface area contributed by atoms with Crippen molar-refractivity contribution < 1.29 is 15.4 Å². The van der Waals surface area contributed by atoms with Gasteiger partial charge in [-0.2, -0.15) is 0 Å². The fraction of sp³-hybridized carbons (Fsp3) is 0.704. The second kappa shape index (κ2) is 9.73.